The number of hydrogen-bond acceptors (Lipinski definition) is 7. The fraction of sp³-hybridized carbons (Fsp3) is 0.263. The summed E-state index contributed by atoms with van der Waals surface area (Å²) < 4.78 is 44.9. The van der Waals surface area contributed by atoms with Crippen molar-refractivity contribution in [2.45, 2.75) is 6.61 Å². The predicted octanol–water partition coefficient (Wildman–Crippen LogP) is 2.88. The third kappa shape index (κ3) is 6.23. The number of hydrogen-bond donors (Lipinski definition) is 2. The number of carbonyl (C=O) groups is 1. The van der Waals surface area contributed by atoms with Gasteiger partial charge in [0.25, 0.3) is 5.91 Å². The Balaban J connectivity index is 2.01. The number of rotatable bonds is 10. The van der Waals surface area contributed by atoms with Gasteiger partial charge in [0.05, 0.1) is 39.8 Å². The monoisotopic (exact) mass is 409 g/mol. The third-order valence-corrected chi connectivity index (χ3v) is 3.64. The molecule has 1 amide bonds. The van der Waals surface area contributed by atoms with E-state index in [-0.39, 0.29) is 23.8 Å². The normalized spacial score (nSPS) is 10.7. The number of amides is 1. The molecular formula is C19H21F2N3O5. The second kappa shape index (κ2) is 10.7. The molecule has 0 spiro atoms. The van der Waals surface area contributed by atoms with Crippen LogP contribution in [0.4, 0.5) is 14.5 Å². The number of nitrogens with one attached hydrogen (secondary N) is 2. The van der Waals surface area contributed by atoms with Crippen LogP contribution in [-0.4, -0.2) is 46.6 Å². The van der Waals surface area contributed by atoms with Gasteiger partial charge in [-0.15, -0.1) is 0 Å². The summed E-state index contributed by atoms with van der Waals surface area (Å²) in [7, 11) is 4.14. The van der Waals surface area contributed by atoms with Gasteiger partial charge in [0.1, 0.15) is 5.75 Å². The maximum Gasteiger partial charge on any atom is 0.387 e. The van der Waals surface area contributed by atoms with Crippen molar-refractivity contribution >= 4 is 17.8 Å². The molecule has 8 nitrogen and oxygen atoms in total. The molecule has 0 saturated carbocycles. The zero-order valence-corrected chi connectivity index (χ0v) is 16.1. The molecular weight excluding hydrogens is 388 g/mol. The largest absolute Gasteiger partial charge is 0.495 e. The van der Waals surface area contributed by atoms with Crippen molar-refractivity contribution in [1.29, 1.82) is 0 Å². The topological polar surface area (TPSA) is 90.4 Å². The van der Waals surface area contributed by atoms with Crippen molar-refractivity contribution in [3.05, 3.63) is 42.0 Å². The third-order valence-electron chi connectivity index (χ3n) is 3.64. The van der Waals surface area contributed by atoms with Crippen LogP contribution in [0.15, 0.2) is 41.5 Å². The van der Waals surface area contributed by atoms with Gasteiger partial charge < -0.3 is 24.3 Å². The smallest absolute Gasteiger partial charge is 0.387 e. The zero-order valence-electron chi connectivity index (χ0n) is 16.1. The van der Waals surface area contributed by atoms with Crippen molar-refractivity contribution in [3.8, 4) is 23.0 Å². The number of halogens is 2. The van der Waals surface area contributed by atoms with Gasteiger partial charge in [-0.1, -0.05) is 12.1 Å². The fourth-order valence-electron chi connectivity index (χ4n) is 2.36. The molecule has 0 aliphatic heterocycles. The number of carbonyl (C=O) groups excluding carboxylic acids is 1. The minimum atomic E-state index is -3.03. The van der Waals surface area contributed by atoms with E-state index in [1.165, 1.54) is 39.7 Å². The Bertz CT molecular complexity index is 836. The van der Waals surface area contributed by atoms with E-state index in [4.69, 9.17) is 14.2 Å². The minimum absolute atomic E-state index is 0.0362. The van der Waals surface area contributed by atoms with Gasteiger partial charge in [0, 0.05) is 5.56 Å². The lowest BCUT2D eigenvalue weighted by Crippen LogP contribution is -2.26. The van der Waals surface area contributed by atoms with Crippen LogP contribution in [0.25, 0.3) is 0 Å². The van der Waals surface area contributed by atoms with Crippen LogP contribution in [0.2, 0.25) is 0 Å². The summed E-state index contributed by atoms with van der Waals surface area (Å²) in [5.74, 6) is 0.0514. The second-order valence-corrected chi connectivity index (χ2v) is 5.48. The Morgan fingerprint density at radius 3 is 2.28 bits per heavy atom. The van der Waals surface area contributed by atoms with E-state index in [9.17, 15) is 13.6 Å². The first-order valence-electron chi connectivity index (χ1n) is 8.38. The Hall–Kier alpha value is -3.56. The Labute approximate surface area is 166 Å². The lowest BCUT2D eigenvalue weighted by Gasteiger charge is -2.14. The number of benzene rings is 2. The second-order valence-electron chi connectivity index (χ2n) is 5.48. The zero-order chi connectivity index (χ0) is 21.2. The van der Waals surface area contributed by atoms with Crippen molar-refractivity contribution in [2.24, 2.45) is 5.10 Å². The molecule has 0 radical (unpaired) electrons. The van der Waals surface area contributed by atoms with Crippen LogP contribution in [0, 0.1) is 0 Å². The quantitative estimate of drug-likeness (QED) is 0.463. The highest BCUT2D eigenvalue weighted by molar-refractivity contribution is 5.85. The summed E-state index contributed by atoms with van der Waals surface area (Å²) >= 11 is 0. The highest BCUT2D eigenvalue weighted by Crippen LogP contribution is 2.39. The van der Waals surface area contributed by atoms with Gasteiger partial charge in [-0.2, -0.15) is 13.9 Å². The van der Waals surface area contributed by atoms with Crippen molar-refractivity contribution < 1.29 is 32.5 Å². The van der Waals surface area contributed by atoms with E-state index >= 15 is 0 Å². The van der Waals surface area contributed by atoms with Crippen LogP contribution in [0.1, 0.15) is 5.56 Å². The first-order chi connectivity index (χ1) is 14.0. The molecule has 0 aliphatic rings. The maximum absolute atomic E-state index is 12.6. The molecule has 0 aliphatic carbocycles. The molecule has 156 valence electrons. The van der Waals surface area contributed by atoms with E-state index in [0.29, 0.717) is 17.0 Å². The van der Waals surface area contributed by atoms with E-state index in [1.54, 1.807) is 12.1 Å². The van der Waals surface area contributed by atoms with E-state index in [2.05, 4.69) is 20.6 Å². The first-order valence-corrected chi connectivity index (χ1v) is 8.38. The average molecular weight is 409 g/mol. The average Bonchev–Trinajstić information content (AvgIpc) is 2.72. The van der Waals surface area contributed by atoms with Crippen LogP contribution < -0.4 is 29.7 Å². The lowest BCUT2D eigenvalue weighted by atomic mass is 10.2. The number of hydrazone groups is 1. The summed E-state index contributed by atoms with van der Waals surface area (Å²) in [6, 6.07) is 10.0. The number of para-hydroxylation sites is 2. The summed E-state index contributed by atoms with van der Waals surface area (Å²) in [6.45, 7) is -3.07. The van der Waals surface area contributed by atoms with Crippen molar-refractivity contribution in [3.63, 3.8) is 0 Å². The number of ether oxygens (including phenoxy) is 4. The number of alkyl halides is 2. The van der Waals surface area contributed by atoms with Gasteiger partial charge in [0.15, 0.2) is 11.5 Å². The van der Waals surface area contributed by atoms with Gasteiger partial charge in [-0.3, -0.25) is 4.79 Å². The highest BCUT2D eigenvalue weighted by atomic mass is 19.3. The van der Waals surface area contributed by atoms with E-state index in [1.807, 2.05) is 12.1 Å². The molecule has 29 heavy (non-hydrogen) atoms. The van der Waals surface area contributed by atoms with Gasteiger partial charge in [-0.05, 0) is 24.3 Å². The summed E-state index contributed by atoms with van der Waals surface area (Å²) in [4.78, 5) is 11.9. The molecule has 0 heterocycles. The Kier molecular flexibility index (Phi) is 8.01. The Morgan fingerprint density at radius 2 is 1.69 bits per heavy atom. The van der Waals surface area contributed by atoms with Crippen LogP contribution in [0.5, 0.6) is 23.0 Å². The standard InChI is InChI=1S/C19H21F2N3O5/c1-26-14-7-5-4-6-13(14)22-11-17(25)24-23-10-12-8-15(27-2)18(29-19(20)21)16(9-12)28-3/h4-10,19,22H,11H2,1-3H3,(H,24,25)/b23-10-. The summed E-state index contributed by atoms with van der Waals surface area (Å²) in [5.41, 5.74) is 3.46. The molecule has 0 saturated heterocycles. The molecule has 10 heteroatoms. The van der Waals surface area contributed by atoms with Crippen molar-refractivity contribution in [2.75, 3.05) is 33.2 Å². The van der Waals surface area contributed by atoms with Crippen LogP contribution in [-0.2, 0) is 4.79 Å². The highest BCUT2D eigenvalue weighted by Gasteiger charge is 2.17. The number of anilines is 1. The lowest BCUT2D eigenvalue weighted by molar-refractivity contribution is -0.119. The molecule has 0 atom stereocenters. The molecule has 0 fully saturated rings. The van der Waals surface area contributed by atoms with Crippen LogP contribution >= 0.6 is 0 Å². The molecule has 0 bridgehead atoms. The minimum Gasteiger partial charge on any atom is -0.495 e. The molecule has 2 rings (SSSR count). The van der Waals surface area contributed by atoms with E-state index < -0.39 is 12.5 Å². The Morgan fingerprint density at radius 1 is 1.07 bits per heavy atom. The first kappa shape index (κ1) is 21.7. The maximum atomic E-state index is 12.6. The van der Waals surface area contributed by atoms with Crippen LogP contribution in [0.3, 0.4) is 0 Å². The predicted molar refractivity (Wildman–Crippen MR) is 103 cm³/mol. The molecule has 2 aromatic rings. The molecule has 2 N–H and O–H groups in total. The van der Waals surface area contributed by atoms with Gasteiger partial charge in [-0.25, -0.2) is 5.43 Å². The number of methoxy groups -OCH3 is 3. The van der Waals surface area contributed by atoms with Gasteiger partial charge in [0.2, 0.25) is 5.75 Å². The molecule has 0 unspecified atom stereocenters. The summed E-state index contributed by atoms with van der Waals surface area (Å²) in [5, 5.41) is 6.78. The van der Waals surface area contributed by atoms with E-state index in [0.717, 1.165) is 0 Å². The summed E-state index contributed by atoms with van der Waals surface area (Å²) in [6.07, 6.45) is 1.32. The van der Waals surface area contributed by atoms with Crippen molar-refractivity contribution in [1.82, 2.24) is 5.43 Å². The number of nitrogens with zero attached hydrogens (tertiary/aromatic N) is 1. The SMILES string of the molecule is COc1ccccc1NCC(=O)N/N=C\c1cc(OC)c(OC(F)F)c(OC)c1. The molecule has 0 aromatic heterocycles. The molecule has 2 aromatic carbocycles. The van der Waals surface area contributed by atoms with Gasteiger partial charge >= 0.3 is 6.61 Å². The fourth-order valence-corrected chi connectivity index (χ4v) is 2.36.